The van der Waals surface area contributed by atoms with E-state index in [1.54, 1.807) is 13.8 Å². The molecule has 1 rings (SSSR count). The highest BCUT2D eigenvalue weighted by atomic mass is 32.1. The first kappa shape index (κ1) is 8.62. The van der Waals surface area contributed by atoms with Crippen LogP contribution in [0.1, 0.15) is 19.4 Å². The molecule has 0 aliphatic rings. The van der Waals surface area contributed by atoms with Crippen molar-refractivity contribution in [3.8, 4) is 0 Å². The van der Waals surface area contributed by atoms with Gasteiger partial charge in [-0.05, 0) is 44.2 Å². The van der Waals surface area contributed by atoms with E-state index in [1.807, 2.05) is 24.3 Å². The van der Waals surface area contributed by atoms with Crippen LogP contribution in [0.25, 0.3) is 0 Å². The number of rotatable bonds is 1. The molecule has 0 spiro atoms. The molecule has 0 amide bonds. The average Bonchev–Trinajstić information content (AvgIpc) is 1.86. The van der Waals surface area contributed by atoms with Gasteiger partial charge in [-0.3, -0.25) is 0 Å². The lowest BCUT2D eigenvalue weighted by molar-refractivity contribution is 0.0785. The van der Waals surface area contributed by atoms with Gasteiger partial charge >= 0.3 is 0 Å². The van der Waals surface area contributed by atoms with E-state index in [9.17, 15) is 5.11 Å². The lowest BCUT2D eigenvalue weighted by Crippen LogP contribution is -2.14. The van der Waals surface area contributed by atoms with Crippen molar-refractivity contribution in [3.05, 3.63) is 29.8 Å². The molecule has 0 unspecified atom stereocenters. The Morgan fingerprint density at radius 1 is 1.18 bits per heavy atom. The summed E-state index contributed by atoms with van der Waals surface area (Å²) in [5.41, 5.74) is 0.194. The summed E-state index contributed by atoms with van der Waals surface area (Å²) in [5, 5.41) is 9.56. The second-order valence-corrected chi connectivity index (χ2v) is 3.71. The molecule has 0 aromatic heterocycles. The van der Waals surface area contributed by atoms with Gasteiger partial charge in [-0.2, -0.15) is 0 Å². The molecule has 0 atom stereocenters. The van der Waals surface area contributed by atoms with E-state index in [1.165, 1.54) is 0 Å². The minimum atomic E-state index is -0.736. The largest absolute Gasteiger partial charge is 0.386 e. The maximum Gasteiger partial charge on any atom is 0.150 e. The molecule has 2 heteroatoms. The molecule has 11 heavy (non-hydrogen) atoms. The van der Waals surface area contributed by atoms with E-state index in [-0.39, 0.29) is 0 Å². The maximum atomic E-state index is 9.56. The van der Waals surface area contributed by atoms with Gasteiger partial charge in [-0.1, -0.05) is 12.1 Å². The molecule has 0 aliphatic carbocycles. The summed E-state index contributed by atoms with van der Waals surface area (Å²) in [5.74, 6) is 0. The van der Waals surface area contributed by atoms with Crippen molar-refractivity contribution in [3.63, 3.8) is 0 Å². The monoisotopic (exact) mass is 169 g/mol. The molecule has 0 heterocycles. The van der Waals surface area contributed by atoms with E-state index in [0.29, 0.717) is 0 Å². The first-order chi connectivity index (χ1) is 5.00. The first-order valence-corrected chi connectivity index (χ1v) is 4.04. The Hall–Kier alpha value is -0.470. The predicted octanol–water partition coefficient (Wildman–Crippen LogP) is 1.28. The molecule has 0 radical (unpaired) electrons. The number of hydrogen-bond acceptors (Lipinski definition) is 1. The first-order valence-electron chi connectivity index (χ1n) is 3.54. The van der Waals surface area contributed by atoms with Gasteiger partial charge in [-0.25, -0.2) is 0 Å². The summed E-state index contributed by atoms with van der Waals surface area (Å²) in [7, 11) is 0. The van der Waals surface area contributed by atoms with E-state index in [0.717, 1.165) is 10.5 Å². The molecule has 1 N–H and O–H groups in total. The van der Waals surface area contributed by atoms with Crippen LogP contribution in [0.2, 0.25) is 0 Å². The summed E-state index contributed by atoms with van der Waals surface area (Å²) >= 11 is 3.38. The van der Waals surface area contributed by atoms with Crippen molar-refractivity contribution in [1.29, 1.82) is 0 Å². The Bertz CT molecular complexity index is 233. The molecule has 1 nitrogen and oxygen atoms in total. The lowest BCUT2D eigenvalue weighted by Gasteiger charge is -2.16. The fraction of sp³-hybridized carbons (Fsp3) is 0.333. The Morgan fingerprint density at radius 3 is 2.00 bits per heavy atom. The third kappa shape index (κ3) is 2.24. The molecule has 1 aromatic rings. The van der Waals surface area contributed by atoms with E-state index < -0.39 is 5.60 Å². The fourth-order valence-electron chi connectivity index (χ4n) is 0.878. The van der Waals surface area contributed by atoms with Crippen LogP contribution in [0.5, 0.6) is 0 Å². The zero-order chi connectivity index (χ0) is 8.48. The summed E-state index contributed by atoms with van der Waals surface area (Å²) in [4.78, 5) is 1.03. The van der Waals surface area contributed by atoms with Gasteiger partial charge < -0.3 is 5.11 Å². The Balaban J connectivity index is 2.99. The van der Waals surface area contributed by atoms with Gasteiger partial charge in [0.05, 0.1) is 5.60 Å². The Morgan fingerprint density at radius 2 is 1.64 bits per heavy atom. The van der Waals surface area contributed by atoms with Crippen LogP contribution in [0.4, 0.5) is 0 Å². The lowest BCUT2D eigenvalue weighted by atomic mass is 9.99. The van der Waals surface area contributed by atoms with Crippen molar-refractivity contribution < 1.29 is 5.11 Å². The summed E-state index contributed by atoms with van der Waals surface area (Å²) in [6.07, 6.45) is 0. The smallest absolute Gasteiger partial charge is 0.150 e. The van der Waals surface area contributed by atoms with Crippen LogP contribution in [0.15, 0.2) is 29.2 Å². The summed E-state index contributed by atoms with van der Waals surface area (Å²) < 4.78 is 0. The minimum Gasteiger partial charge on any atom is -0.386 e. The van der Waals surface area contributed by atoms with Gasteiger partial charge in [0.25, 0.3) is 0 Å². The van der Waals surface area contributed by atoms with E-state index in [4.69, 9.17) is 0 Å². The average molecular weight is 169 g/mol. The molecule has 0 saturated heterocycles. The van der Waals surface area contributed by atoms with Crippen LogP contribution in [0.3, 0.4) is 0 Å². The molecule has 1 aromatic carbocycles. The third-order valence-corrected chi connectivity index (χ3v) is 1.92. The van der Waals surface area contributed by atoms with Gasteiger partial charge in [0.15, 0.2) is 0 Å². The molecule has 0 fully saturated rings. The second kappa shape index (κ2) is 2.88. The third-order valence-electron chi connectivity index (χ3n) is 1.59. The number of hydrogen-bond donors (Lipinski definition) is 1. The highest BCUT2D eigenvalue weighted by Crippen LogP contribution is 2.19. The quantitative estimate of drug-likeness (QED) is 0.628. The number of aliphatic hydroxyl groups is 1. The maximum absolute atomic E-state index is 9.56. The number of benzene rings is 1. The van der Waals surface area contributed by atoms with Crippen LogP contribution in [-0.4, -0.2) is 5.11 Å². The Kier molecular flexibility index (Phi) is 2.25. The molecule has 0 bridgehead atoms. The van der Waals surface area contributed by atoms with Crippen molar-refractivity contribution in [2.24, 2.45) is 0 Å². The highest BCUT2D eigenvalue weighted by molar-refractivity contribution is 7.58. The van der Waals surface area contributed by atoms with Gasteiger partial charge in [-0.15, -0.1) is 0 Å². The van der Waals surface area contributed by atoms with E-state index >= 15 is 0 Å². The van der Waals surface area contributed by atoms with Crippen LogP contribution in [-0.2, 0) is 18.2 Å². The summed E-state index contributed by atoms with van der Waals surface area (Å²) in [6.45, 7) is 3.55. The summed E-state index contributed by atoms with van der Waals surface area (Å²) in [6, 6.07) is 7.65. The van der Waals surface area contributed by atoms with Crippen LogP contribution >= 0.6 is 0 Å². The fourth-order valence-corrected chi connectivity index (χ4v) is 1.04. The molecule has 0 saturated carbocycles. The van der Waals surface area contributed by atoms with Crippen molar-refractivity contribution in [2.75, 3.05) is 0 Å². The topological polar surface area (TPSA) is 20.2 Å². The van der Waals surface area contributed by atoms with Gasteiger partial charge in [0, 0.05) is 0 Å². The molecule has 0 aliphatic heterocycles. The standard InChI is InChI=1S/C9H12OS/c1-9(2,10)7-3-5-8(11)6-4-7/h3-6,10-11H,1-2H3/p+1. The normalized spacial score (nSPS) is 11.6. The second-order valence-electron chi connectivity index (χ2n) is 3.14. The zero-order valence-electron chi connectivity index (χ0n) is 6.76. The van der Waals surface area contributed by atoms with Crippen LogP contribution < -0.4 is 0 Å². The van der Waals surface area contributed by atoms with Crippen molar-refractivity contribution >= 4 is 12.6 Å². The SMILES string of the molecule is CC(C)(O)c1ccc([SH2+])cc1. The van der Waals surface area contributed by atoms with Crippen molar-refractivity contribution in [2.45, 2.75) is 24.3 Å². The van der Waals surface area contributed by atoms with Crippen LogP contribution in [0, 0.1) is 0 Å². The predicted molar refractivity (Wildman–Crippen MR) is 50.1 cm³/mol. The molecule has 60 valence electrons. The van der Waals surface area contributed by atoms with Gasteiger partial charge in [0.2, 0.25) is 0 Å². The molecular formula is C9H13OS+. The zero-order valence-corrected chi connectivity index (χ0v) is 7.76. The molecular weight excluding hydrogens is 156 g/mol. The van der Waals surface area contributed by atoms with Gasteiger partial charge in [0.1, 0.15) is 4.90 Å². The Labute approximate surface area is 72.5 Å². The highest BCUT2D eigenvalue weighted by Gasteiger charge is 2.14. The minimum absolute atomic E-state index is 0.736. The van der Waals surface area contributed by atoms with Crippen molar-refractivity contribution in [1.82, 2.24) is 0 Å². The van der Waals surface area contributed by atoms with E-state index in [2.05, 4.69) is 12.6 Å².